The number of carbonyl (C=O) groups is 1. The van der Waals surface area contributed by atoms with E-state index in [1.165, 1.54) is 25.7 Å². The monoisotopic (exact) mass is 277 g/mol. The van der Waals surface area contributed by atoms with Crippen molar-refractivity contribution >= 4 is 5.78 Å². The van der Waals surface area contributed by atoms with Gasteiger partial charge in [0.2, 0.25) is 0 Å². The molecule has 0 fully saturated rings. The van der Waals surface area contributed by atoms with E-state index in [1.807, 2.05) is 13.8 Å². The van der Waals surface area contributed by atoms with Crippen LogP contribution in [0.25, 0.3) is 0 Å². The number of pyridine rings is 1. The van der Waals surface area contributed by atoms with Crippen LogP contribution < -0.4 is 4.74 Å². The van der Waals surface area contributed by atoms with Crippen molar-refractivity contribution in [2.24, 2.45) is 0 Å². The Balaban J connectivity index is 2.35. The van der Waals surface area contributed by atoms with Crippen LogP contribution >= 0.6 is 0 Å². The van der Waals surface area contributed by atoms with Crippen molar-refractivity contribution in [3.05, 3.63) is 24.0 Å². The van der Waals surface area contributed by atoms with Crippen molar-refractivity contribution in [2.45, 2.75) is 71.8 Å². The SMILES string of the molecule is CCCCCCCCC(=O)c1cncc(OC(C)C)c1. The van der Waals surface area contributed by atoms with Crippen molar-refractivity contribution < 1.29 is 9.53 Å². The number of rotatable bonds is 10. The van der Waals surface area contributed by atoms with E-state index in [2.05, 4.69) is 11.9 Å². The van der Waals surface area contributed by atoms with Gasteiger partial charge in [0, 0.05) is 18.2 Å². The molecular formula is C17H27NO2. The van der Waals surface area contributed by atoms with E-state index in [1.54, 1.807) is 18.5 Å². The number of ketones is 1. The number of Topliss-reactive ketones (excluding diaryl/α,β-unsaturated/α-hetero) is 1. The predicted molar refractivity (Wildman–Crippen MR) is 82.3 cm³/mol. The van der Waals surface area contributed by atoms with Gasteiger partial charge in [0.15, 0.2) is 5.78 Å². The second kappa shape index (κ2) is 9.51. The Morgan fingerprint density at radius 3 is 2.55 bits per heavy atom. The number of ether oxygens (including phenoxy) is 1. The van der Waals surface area contributed by atoms with Gasteiger partial charge >= 0.3 is 0 Å². The molecule has 1 aromatic heterocycles. The maximum absolute atomic E-state index is 12.1. The van der Waals surface area contributed by atoms with Crippen LogP contribution in [0.3, 0.4) is 0 Å². The van der Waals surface area contributed by atoms with Gasteiger partial charge in [-0.1, -0.05) is 39.0 Å². The zero-order chi connectivity index (χ0) is 14.8. The number of unbranched alkanes of at least 4 members (excludes halogenated alkanes) is 5. The van der Waals surface area contributed by atoms with Crippen LogP contribution in [-0.4, -0.2) is 16.9 Å². The summed E-state index contributed by atoms with van der Waals surface area (Å²) < 4.78 is 5.56. The van der Waals surface area contributed by atoms with Gasteiger partial charge in [-0.25, -0.2) is 0 Å². The van der Waals surface area contributed by atoms with Crippen LogP contribution in [0, 0.1) is 0 Å². The zero-order valence-electron chi connectivity index (χ0n) is 13.0. The molecular weight excluding hydrogens is 250 g/mol. The topological polar surface area (TPSA) is 39.2 Å². The maximum Gasteiger partial charge on any atom is 0.164 e. The summed E-state index contributed by atoms with van der Waals surface area (Å²) in [7, 11) is 0. The highest BCUT2D eigenvalue weighted by Crippen LogP contribution is 2.16. The maximum atomic E-state index is 12.1. The summed E-state index contributed by atoms with van der Waals surface area (Å²) in [6.07, 6.45) is 11.2. The van der Waals surface area contributed by atoms with E-state index in [0.29, 0.717) is 17.7 Å². The molecule has 20 heavy (non-hydrogen) atoms. The molecule has 0 bridgehead atoms. The van der Waals surface area contributed by atoms with Crippen molar-refractivity contribution in [1.29, 1.82) is 0 Å². The molecule has 0 aromatic carbocycles. The molecule has 0 spiro atoms. The molecule has 3 nitrogen and oxygen atoms in total. The average Bonchev–Trinajstić information content (AvgIpc) is 2.42. The highest BCUT2D eigenvalue weighted by molar-refractivity contribution is 5.96. The molecule has 0 amide bonds. The first-order valence-corrected chi connectivity index (χ1v) is 7.78. The Hall–Kier alpha value is -1.38. The van der Waals surface area contributed by atoms with Gasteiger partial charge in [0.25, 0.3) is 0 Å². The Bertz CT molecular complexity index is 402. The Morgan fingerprint density at radius 1 is 1.15 bits per heavy atom. The highest BCUT2D eigenvalue weighted by atomic mass is 16.5. The van der Waals surface area contributed by atoms with Crippen molar-refractivity contribution in [2.75, 3.05) is 0 Å². The fraction of sp³-hybridized carbons (Fsp3) is 0.647. The third-order valence-electron chi connectivity index (χ3n) is 3.16. The minimum absolute atomic E-state index is 0.0979. The third-order valence-corrected chi connectivity index (χ3v) is 3.16. The molecule has 1 aromatic rings. The summed E-state index contributed by atoms with van der Waals surface area (Å²) >= 11 is 0. The second-order valence-corrected chi connectivity index (χ2v) is 5.52. The van der Waals surface area contributed by atoms with Gasteiger partial charge in [0.1, 0.15) is 5.75 Å². The molecule has 0 saturated heterocycles. The minimum Gasteiger partial charge on any atom is -0.489 e. The van der Waals surface area contributed by atoms with Gasteiger partial charge in [-0.15, -0.1) is 0 Å². The lowest BCUT2D eigenvalue weighted by Gasteiger charge is -2.09. The molecule has 0 aliphatic rings. The largest absolute Gasteiger partial charge is 0.489 e. The molecule has 112 valence electrons. The van der Waals surface area contributed by atoms with E-state index in [9.17, 15) is 4.79 Å². The van der Waals surface area contributed by atoms with E-state index in [-0.39, 0.29) is 11.9 Å². The first kappa shape index (κ1) is 16.7. The molecule has 0 saturated carbocycles. The summed E-state index contributed by atoms with van der Waals surface area (Å²) in [5, 5.41) is 0. The van der Waals surface area contributed by atoms with E-state index < -0.39 is 0 Å². The average molecular weight is 277 g/mol. The third kappa shape index (κ3) is 6.69. The van der Waals surface area contributed by atoms with Gasteiger partial charge in [-0.2, -0.15) is 0 Å². The summed E-state index contributed by atoms with van der Waals surface area (Å²) in [5.74, 6) is 0.844. The number of hydrogen-bond acceptors (Lipinski definition) is 3. The van der Waals surface area contributed by atoms with E-state index in [4.69, 9.17) is 4.74 Å². The summed E-state index contributed by atoms with van der Waals surface area (Å²) in [6.45, 7) is 6.14. The second-order valence-electron chi connectivity index (χ2n) is 5.52. The summed E-state index contributed by atoms with van der Waals surface area (Å²) in [6, 6.07) is 1.80. The summed E-state index contributed by atoms with van der Waals surface area (Å²) in [5.41, 5.74) is 0.664. The molecule has 3 heteroatoms. The number of aromatic nitrogens is 1. The molecule has 0 N–H and O–H groups in total. The van der Waals surface area contributed by atoms with Crippen molar-refractivity contribution in [3.8, 4) is 5.75 Å². The highest BCUT2D eigenvalue weighted by Gasteiger charge is 2.08. The van der Waals surface area contributed by atoms with Crippen molar-refractivity contribution in [1.82, 2.24) is 4.98 Å². The fourth-order valence-electron chi connectivity index (χ4n) is 2.12. The van der Waals surface area contributed by atoms with Crippen LogP contribution in [0.1, 0.15) is 76.1 Å². The fourth-order valence-corrected chi connectivity index (χ4v) is 2.12. The van der Waals surface area contributed by atoms with Gasteiger partial charge in [0.05, 0.1) is 12.3 Å². The first-order valence-electron chi connectivity index (χ1n) is 7.78. The molecule has 1 rings (SSSR count). The first-order chi connectivity index (χ1) is 9.63. The number of hydrogen-bond donors (Lipinski definition) is 0. The Morgan fingerprint density at radius 2 is 1.85 bits per heavy atom. The van der Waals surface area contributed by atoms with E-state index >= 15 is 0 Å². The minimum atomic E-state index is 0.0979. The smallest absolute Gasteiger partial charge is 0.164 e. The Labute approximate surface area is 122 Å². The van der Waals surface area contributed by atoms with E-state index in [0.717, 1.165) is 12.8 Å². The van der Waals surface area contributed by atoms with Gasteiger partial charge in [-0.3, -0.25) is 9.78 Å². The van der Waals surface area contributed by atoms with Crippen LogP contribution in [0.4, 0.5) is 0 Å². The van der Waals surface area contributed by atoms with Crippen LogP contribution in [0.15, 0.2) is 18.5 Å². The number of carbonyl (C=O) groups excluding carboxylic acids is 1. The van der Waals surface area contributed by atoms with Crippen LogP contribution in [-0.2, 0) is 0 Å². The molecule has 0 radical (unpaired) electrons. The lowest BCUT2D eigenvalue weighted by molar-refractivity contribution is 0.0978. The molecule has 0 aliphatic carbocycles. The van der Waals surface area contributed by atoms with Crippen LogP contribution in [0.5, 0.6) is 5.75 Å². The van der Waals surface area contributed by atoms with Crippen LogP contribution in [0.2, 0.25) is 0 Å². The molecule has 0 aliphatic heterocycles. The lowest BCUT2D eigenvalue weighted by atomic mass is 10.0. The standard InChI is InChI=1S/C17H27NO2/c1-4-5-6-7-8-9-10-17(19)15-11-16(13-18-12-15)20-14(2)3/h11-14H,4-10H2,1-3H3. The molecule has 0 atom stereocenters. The normalized spacial score (nSPS) is 10.8. The molecule has 0 unspecified atom stereocenters. The van der Waals surface area contributed by atoms with Gasteiger partial charge in [-0.05, 0) is 26.3 Å². The van der Waals surface area contributed by atoms with Gasteiger partial charge < -0.3 is 4.74 Å². The number of nitrogens with zero attached hydrogens (tertiary/aromatic N) is 1. The lowest BCUT2D eigenvalue weighted by Crippen LogP contribution is -2.07. The molecule has 1 heterocycles. The zero-order valence-corrected chi connectivity index (χ0v) is 13.0. The summed E-state index contributed by atoms with van der Waals surface area (Å²) in [4.78, 5) is 16.2. The van der Waals surface area contributed by atoms with Crippen molar-refractivity contribution in [3.63, 3.8) is 0 Å². The Kier molecular flexibility index (Phi) is 7.93. The quantitative estimate of drug-likeness (QED) is 0.455. The predicted octanol–water partition coefficient (Wildman–Crippen LogP) is 4.80.